The van der Waals surface area contributed by atoms with Crippen molar-refractivity contribution in [2.45, 2.75) is 31.7 Å². The van der Waals surface area contributed by atoms with Crippen LogP contribution in [0.5, 0.6) is 0 Å². The molecule has 0 radical (unpaired) electrons. The molecule has 8 heteroatoms. The van der Waals surface area contributed by atoms with Gasteiger partial charge in [-0.3, -0.25) is 9.59 Å². The van der Waals surface area contributed by atoms with Crippen molar-refractivity contribution in [2.24, 2.45) is 5.73 Å². The molecular formula is C17H18N4O3S. The maximum Gasteiger partial charge on any atom is 0.247 e. The van der Waals surface area contributed by atoms with Crippen LogP contribution in [0.25, 0.3) is 0 Å². The Labute approximate surface area is 149 Å². The topological polar surface area (TPSA) is 121 Å². The van der Waals surface area contributed by atoms with Crippen molar-refractivity contribution >= 4 is 23.6 Å². The van der Waals surface area contributed by atoms with E-state index in [0.29, 0.717) is 27.6 Å². The second-order valence-electron chi connectivity index (χ2n) is 5.96. The number of nitrogens with one attached hydrogen (secondary N) is 2. The fourth-order valence-corrected chi connectivity index (χ4v) is 3.63. The number of carbonyl (C=O) groups is 2. The van der Waals surface area contributed by atoms with Crippen molar-refractivity contribution in [3.8, 4) is 6.07 Å². The second kappa shape index (κ2) is 7.07. The average molecular weight is 358 g/mol. The first-order chi connectivity index (χ1) is 12.0. The number of rotatable bonds is 6. The number of amides is 2. The summed E-state index contributed by atoms with van der Waals surface area (Å²) in [5.41, 5.74) is 6.68. The van der Waals surface area contributed by atoms with Gasteiger partial charge >= 0.3 is 0 Å². The van der Waals surface area contributed by atoms with Gasteiger partial charge in [0, 0.05) is 11.7 Å². The Morgan fingerprint density at radius 3 is 2.84 bits per heavy atom. The Bertz CT molecular complexity index is 800. The number of allylic oxidation sites excluding steroid dienone is 2. The van der Waals surface area contributed by atoms with Crippen LogP contribution in [0.1, 0.15) is 31.4 Å². The van der Waals surface area contributed by atoms with E-state index >= 15 is 0 Å². The van der Waals surface area contributed by atoms with Crippen LogP contribution in [0.2, 0.25) is 0 Å². The number of hydrogen-bond acceptors (Lipinski definition) is 6. The lowest BCUT2D eigenvalue weighted by Crippen LogP contribution is -2.32. The molecule has 130 valence electrons. The van der Waals surface area contributed by atoms with E-state index in [1.807, 2.05) is 0 Å². The zero-order chi connectivity index (χ0) is 18.0. The molecule has 2 heterocycles. The van der Waals surface area contributed by atoms with Crippen molar-refractivity contribution < 1.29 is 14.0 Å². The monoisotopic (exact) mass is 358 g/mol. The minimum atomic E-state index is -0.673. The molecule has 0 spiro atoms. The minimum Gasteiger partial charge on any atom is -0.468 e. The molecule has 2 aliphatic rings. The average Bonchev–Trinajstić information content (AvgIpc) is 3.21. The lowest BCUT2D eigenvalue weighted by atomic mass is 9.86. The van der Waals surface area contributed by atoms with Crippen LogP contribution in [0.4, 0.5) is 0 Å². The van der Waals surface area contributed by atoms with Gasteiger partial charge < -0.3 is 20.8 Å². The number of carbonyl (C=O) groups excluding carboxylic acids is 2. The van der Waals surface area contributed by atoms with Gasteiger partial charge in [0.25, 0.3) is 0 Å². The van der Waals surface area contributed by atoms with E-state index in [4.69, 9.17) is 10.2 Å². The van der Waals surface area contributed by atoms with Gasteiger partial charge in [-0.2, -0.15) is 5.26 Å². The van der Waals surface area contributed by atoms with Crippen LogP contribution in [0.15, 0.2) is 44.7 Å². The molecule has 2 amide bonds. The lowest BCUT2D eigenvalue weighted by Gasteiger charge is -2.27. The summed E-state index contributed by atoms with van der Waals surface area (Å²) in [6, 6.07) is 5.82. The van der Waals surface area contributed by atoms with Gasteiger partial charge in [0.2, 0.25) is 11.8 Å². The molecule has 25 heavy (non-hydrogen) atoms. The van der Waals surface area contributed by atoms with Crippen LogP contribution < -0.4 is 16.4 Å². The maximum atomic E-state index is 11.9. The van der Waals surface area contributed by atoms with Gasteiger partial charge in [0.1, 0.15) is 5.76 Å². The number of nitrogens with zero attached hydrogens (tertiary/aromatic N) is 1. The van der Waals surface area contributed by atoms with E-state index in [9.17, 15) is 14.9 Å². The molecule has 7 nitrogen and oxygen atoms in total. The second-order valence-corrected chi connectivity index (χ2v) is 6.95. The zero-order valence-electron chi connectivity index (χ0n) is 13.7. The Balaban J connectivity index is 1.88. The molecule has 0 saturated heterocycles. The molecular weight excluding hydrogens is 340 g/mol. The smallest absolute Gasteiger partial charge is 0.247 e. The highest BCUT2D eigenvalue weighted by molar-refractivity contribution is 8.03. The summed E-state index contributed by atoms with van der Waals surface area (Å²) in [5, 5.41) is 16.1. The van der Waals surface area contributed by atoms with Gasteiger partial charge in [0.15, 0.2) is 0 Å². The molecule has 1 aliphatic heterocycles. The molecule has 1 unspecified atom stereocenters. The normalized spacial score (nSPS) is 20.1. The highest BCUT2D eigenvalue weighted by atomic mass is 32.2. The first kappa shape index (κ1) is 17.2. The van der Waals surface area contributed by atoms with Crippen LogP contribution in [0.3, 0.4) is 0 Å². The highest BCUT2D eigenvalue weighted by Crippen LogP contribution is 2.40. The fraction of sp³-hybridized carbons (Fsp3) is 0.353. The molecule has 4 N–H and O–H groups in total. The summed E-state index contributed by atoms with van der Waals surface area (Å²) in [4.78, 5) is 23.8. The predicted octanol–water partition coefficient (Wildman–Crippen LogP) is 1.47. The van der Waals surface area contributed by atoms with Gasteiger partial charge in [-0.1, -0.05) is 11.8 Å². The molecule has 1 aromatic heterocycles. The summed E-state index contributed by atoms with van der Waals surface area (Å²) >= 11 is 1.23. The summed E-state index contributed by atoms with van der Waals surface area (Å²) in [5.74, 6) is -0.709. The number of thioether (sulfide) groups is 1. The summed E-state index contributed by atoms with van der Waals surface area (Å²) < 4.78 is 5.43. The Kier molecular flexibility index (Phi) is 4.86. The summed E-state index contributed by atoms with van der Waals surface area (Å²) in [6.45, 7) is 1.72. The number of nitrogens with two attached hydrogens (primary N) is 1. The van der Waals surface area contributed by atoms with Crippen LogP contribution in [0, 0.1) is 11.3 Å². The van der Waals surface area contributed by atoms with E-state index in [0.717, 1.165) is 12.8 Å². The third kappa shape index (κ3) is 3.72. The molecule has 0 bridgehead atoms. The fourth-order valence-electron chi connectivity index (χ4n) is 2.73. The summed E-state index contributed by atoms with van der Waals surface area (Å²) in [6.07, 6.45) is 3.52. The highest BCUT2D eigenvalue weighted by Gasteiger charge is 2.35. The maximum absolute atomic E-state index is 11.9. The molecule has 0 aromatic carbocycles. The van der Waals surface area contributed by atoms with Gasteiger partial charge in [-0.05, 0) is 31.9 Å². The largest absolute Gasteiger partial charge is 0.468 e. The van der Waals surface area contributed by atoms with Crippen LogP contribution in [-0.2, 0) is 9.59 Å². The van der Waals surface area contributed by atoms with Crippen molar-refractivity contribution in [3.05, 3.63) is 46.0 Å². The van der Waals surface area contributed by atoms with Gasteiger partial charge in [-0.15, -0.1) is 0 Å². The number of dihydropyridines is 1. The Morgan fingerprint density at radius 1 is 1.52 bits per heavy atom. The van der Waals surface area contributed by atoms with E-state index in [1.54, 1.807) is 19.1 Å². The van der Waals surface area contributed by atoms with Gasteiger partial charge in [-0.25, -0.2) is 0 Å². The van der Waals surface area contributed by atoms with Crippen molar-refractivity contribution in [2.75, 3.05) is 5.75 Å². The Hall–Kier alpha value is -2.66. The number of nitriles is 1. The molecule has 1 saturated carbocycles. The predicted molar refractivity (Wildman–Crippen MR) is 92.7 cm³/mol. The van der Waals surface area contributed by atoms with Crippen LogP contribution >= 0.6 is 11.8 Å². The third-order valence-electron chi connectivity index (χ3n) is 4.03. The molecule has 1 aromatic rings. The Morgan fingerprint density at radius 2 is 2.28 bits per heavy atom. The standard InChI is InChI=1S/C17H18N4O3S/c1-9-14(16(19)23)15(12-3-2-6-24-12)11(7-18)17(20-9)25-8-13(22)21-10-4-5-10/h2-3,6,10,15,20H,4-5,8H2,1H3,(H2,19,23)(H,21,22). The first-order valence-corrected chi connectivity index (χ1v) is 8.87. The minimum absolute atomic E-state index is 0.0732. The number of primary amides is 1. The SMILES string of the molecule is CC1=C(C(N)=O)C(c2ccco2)C(C#N)=C(SCC(=O)NC2CC2)N1. The van der Waals surface area contributed by atoms with Crippen molar-refractivity contribution in [1.82, 2.24) is 10.6 Å². The number of hydrogen-bond donors (Lipinski definition) is 3. The molecule has 1 atom stereocenters. The third-order valence-corrected chi connectivity index (χ3v) is 5.05. The van der Waals surface area contributed by atoms with E-state index in [2.05, 4.69) is 16.7 Å². The molecule has 1 aliphatic carbocycles. The quantitative estimate of drug-likeness (QED) is 0.708. The number of furan rings is 1. The van der Waals surface area contributed by atoms with E-state index in [-0.39, 0.29) is 17.7 Å². The van der Waals surface area contributed by atoms with E-state index in [1.165, 1.54) is 18.0 Å². The van der Waals surface area contributed by atoms with Crippen LogP contribution in [-0.4, -0.2) is 23.6 Å². The van der Waals surface area contributed by atoms with Crippen molar-refractivity contribution in [1.29, 1.82) is 5.26 Å². The first-order valence-electron chi connectivity index (χ1n) is 7.88. The van der Waals surface area contributed by atoms with Crippen molar-refractivity contribution in [3.63, 3.8) is 0 Å². The van der Waals surface area contributed by atoms with E-state index < -0.39 is 11.8 Å². The molecule has 3 rings (SSSR count). The van der Waals surface area contributed by atoms with Gasteiger partial charge in [0.05, 0.1) is 40.2 Å². The molecule has 1 fully saturated rings. The zero-order valence-corrected chi connectivity index (χ0v) is 14.5. The lowest BCUT2D eigenvalue weighted by molar-refractivity contribution is -0.118. The summed E-state index contributed by atoms with van der Waals surface area (Å²) in [7, 11) is 0.